The maximum atomic E-state index is 13.3. The zero-order valence-corrected chi connectivity index (χ0v) is 24.8. The Morgan fingerprint density at radius 1 is 0.925 bits per heavy atom. The highest BCUT2D eigenvalue weighted by atomic mass is 16.6. The molecule has 1 heterocycles. The molecule has 0 radical (unpaired) electrons. The van der Waals surface area contributed by atoms with E-state index in [9.17, 15) is 9.59 Å². The van der Waals surface area contributed by atoms with E-state index in [1.165, 1.54) is 0 Å². The lowest BCUT2D eigenvalue weighted by molar-refractivity contribution is 0.0530. The minimum Gasteiger partial charge on any atom is -0.497 e. The van der Waals surface area contributed by atoms with E-state index in [0.717, 1.165) is 11.3 Å². The molecule has 0 saturated heterocycles. The van der Waals surface area contributed by atoms with E-state index in [-0.39, 0.29) is 11.1 Å². The Hall–Kier alpha value is -4.28. The van der Waals surface area contributed by atoms with Crippen molar-refractivity contribution in [2.75, 3.05) is 37.9 Å². The summed E-state index contributed by atoms with van der Waals surface area (Å²) in [5.74, 6) is 0.793. The largest absolute Gasteiger partial charge is 0.497 e. The number of benzene rings is 2. The molecule has 0 unspecified atom stereocenters. The molecule has 0 saturated carbocycles. The van der Waals surface area contributed by atoms with Crippen molar-refractivity contribution in [1.82, 2.24) is 20.3 Å². The Bertz CT molecular complexity index is 1350. The molecule has 11 nitrogen and oxygen atoms in total. The van der Waals surface area contributed by atoms with Gasteiger partial charge in [0.05, 0.1) is 19.9 Å². The van der Waals surface area contributed by atoms with Gasteiger partial charge in [-0.1, -0.05) is 26.0 Å². The van der Waals surface area contributed by atoms with Crippen LogP contribution in [0.4, 0.5) is 16.2 Å². The molecule has 0 aliphatic rings. The van der Waals surface area contributed by atoms with Gasteiger partial charge < -0.3 is 30.2 Å². The number of anilines is 2. The van der Waals surface area contributed by atoms with Gasteiger partial charge in [-0.05, 0) is 69.0 Å². The number of hydrogen-bond donors (Lipinski definition) is 3. The fourth-order valence-electron chi connectivity index (χ4n) is 3.84. The second-order valence-corrected chi connectivity index (χ2v) is 11.3. The van der Waals surface area contributed by atoms with Gasteiger partial charge in [-0.15, -0.1) is 5.10 Å². The van der Waals surface area contributed by atoms with Crippen LogP contribution in [0.1, 0.15) is 63.3 Å². The van der Waals surface area contributed by atoms with E-state index < -0.39 is 17.6 Å². The quantitative estimate of drug-likeness (QED) is 0.314. The molecule has 0 spiro atoms. The van der Waals surface area contributed by atoms with E-state index >= 15 is 0 Å². The molecule has 3 rings (SSSR count). The van der Waals surface area contributed by atoms with Gasteiger partial charge in [-0.25, -0.2) is 9.48 Å². The summed E-state index contributed by atoms with van der Waals surface area (Å²) in [4.78, 5) is 25.2. The van der Waals surface area contributed by atoms with Crippen LogP contribution in [0.25, 0.3) is 5.69 Å². The fourth-order valence-corrected chi connectivity index (χ4v) is 3.84. The highest BCUT2D eigenvalue weighted by Crippen LogP contribution is 2.30. The number of aromatic nitrogens is 3. The van der Waals surface area contributed by atoms with Crippen LogP contribution in [0, 0.1) is 6.92 Å². The molecule has 1 aromatic heterocycles. The third kappa shape index (κ3) is 7.87. The van der Waals surface area contributed by atoms with Crippen molar-refractivity contribution < 1.29 is 23.8 Å². The zero-order chi connectivity index (χ0) is 29.7. The summed E-state index contributed by atoms with van der Waals surface area (Å²) in [6.45, 7) is 14.3. The number of nitrogens with zero attached hydrogens (tertiary/aromatic N) is 3. The van der Waals surface area contributed by atoms with Crippen LogP contribution < -0.4 is 25.4 Å². The molecule has 11 heteroatoms. The number of ether oxygens (including phenoxy) is 3. The third-order valence-electron chi connectivity index (χ3n) is 5.90. The molecule has 216 valence electrons. The maximum absolute atomic E-state index is 13.3. The summed E-state index contributed by atoms with van der Waals surface area (Å²) in [5.41, 5.74) is 3.03. The first-order valence-electron chi connectivity index (χ1n) is 13.0. The Kier molecular flexibility index (Phi) is 9.28. The summed E-state index contributed by atoms with van der Waals surface area (Å²) in [5, 5.41) is 17.4. The Labute approximate surface area is 235 Å². The van der Waals surface area contributed by atoms with E-state index in [2.05, 4.69) is 47.0 Å². The van der Waals surface area contributed by atoms with Crippen molar-refractivity contribution in [3.8, 4) is 17.2 Å². The first-order chi connectivity index (χ1) is 18.7. The first-order valence-corrected chi connectivity index (χ1v) is 13.0. The number of hydrogen-bond acceptors (Lipinski definition) is 8. The van der Waals surface area contributed by atoms with Gasteiger partial charge in [0.25, 0.3) is 5.91 Å². The highest BCUT2D eigenvalue weighted by molar-refractivity contribution is 6.04. The van der Waals surface area contributed by atoms with E-state index in [4.69, 9.17) is 14.2 Å². The molecule has 0 bridgehead atoms. The number of amides is 2. The van der Waals surface area contributed by atoms with Gasteiger partial charge >= 0.3 is 6.09 Å². The molecule has 40 heavy (non-hydrogen) atoms. The number of methoxy groups -OCH3 is 2. The van der Waals surface area contributed by atoms with Gasteiger partial charge in [0.1, 0.15) is 22.8 Å². The lowest BCUT2D eigenvalue weighted by Crippen LogP contribution is -2.35. The molecule has 3 N–H and O–H groups in total. The summed E-state index contributed by atoms with van der Waals surface area (Å²) < 4.78 is 17.6. The molecule has 2 amide bonds. The molecule has 0 fully saturated rings. The average Bonchev–Trinajstić information content (AvgIpc) is 3.25. The SMILES string of the molecule is COc1ccc(OC)c(-n2nnc(C(=O)Nc3cc(NCCNC(=O)OC(C)(C)C)cc(C(C)(C)C)c3)c2C)c1. The summed E-state index contributed by atoms with van der Waals surface area (Å²) in [7, 11) is 3.14. The van der Waals surface area contributed by atoms with Crippen molar-refractivity contribution in [3.63, 3.8) is 0 Å². The van der Waals surface area contributed by atoms with Gasteiger partial charge in [0, 0.05) is 30.5 Å². The first kappa shape index (κ1) is 30.3. The minimum atomic E-state index is -0.560. The number of carbonyl (C=O) groups is 2. The van der Waals surface area contributed by atoms with Crippen LogP contribution >= 0.6 is 0 Å². The normalized spacial score (nSPS) is 11.5. The van der Waals surface area contributed by atoms with Gasteiger partial charge in [-0.2, -0.15) is 0 Å². The second-order valence-electron chi connectivity index (χ2n) is 11.3. The van der Waals surface area contributed by atoms with E-state index in [0.29, 0.717) is 41.7 Å². The van der Waals surface area contributed by atoms with Crippen molar-refractivity contribution in [2.24, 2.45) is 0 Å². The smallest absolute Gasteiger partial charge is 0.407 e. The molecule has 3 aromatic rings. The summed E-state index contributed by atoms with van der Waals surface area (Å²) in [6, 6.07) is 11.1. The summed E-state index contributed by atoms with van der Waals surface area (Å²) >= 11 is 0. The van der Waals surface area contributed by atoms with Crippen molar-refractivity contribution in [2.45, 2.75) is 59.5 Å². The standard InChI is InChI=1S/C29H40N6O5/c1-18-25(33-34-35(18)23-17-22(38-8)10-11-24(23)39-9)26(36)32-21-15-19(28(2,3)4)14-20(16-21)30-12-13-31-27(37)40-29(5,6)7/h10-11,14-17,30H,12-13H2,1-9H3,(H,31,37)(H,32,36). The highest BCUT2D eigenvalue weighted by Gasteiger charge is 2.22. The van der Waals surface area contributed by atoms with Crippen molar-refractivity contribution in [3.05, 3.63) is 53.3 Å². The molecule has 0 atom stereocenters. The van der Waals surface area contributed by atoms with Crippen LogP contribution in [0.15, 0.2) is 36.4 Å². The number of rotatable bonds is 9. The summed E-state index contributed by atoms with van der Waals surface area (Å²) in [6.07, 6.45) is -0.472. The van der Waals surface area contributed by atoms with E-state index in [1.54, 1.807) is 44.0 Å². The van der Waals surface area contributed by atoms with Gasteiger partial charge in [-0.3, -0.25) is 4.79 Å². The van der Waals surface area contributed by atoms with Crippen LogP contribution in [-0.4, -0.2) is 59.9 Å². The van der Waals surface area contributed by atoms with Crippen LogP contribution in [0.3, 0.4) is 0 Å². The second kappa shape index (κ2) is 12.3. The maximum Gasteiger partial charge on any atom is 0.407 e. The molecular weight excluding hydrogens is 512 g/mol. The van der Waals surface area contributed by atoms with Crippen LogP contribution in [0.5, 0.6) is 11.5 Å². The van der Waals surface area contributed by atoms with Crippen LogP contribution in [0.2, 0.25) is 0 Å². The third-order valence-corrected chi connectivity index (χ3v) is 5.90. The average molecular weight is 553 g/mol. The number of carbonyl (C=O) groups excluding carboxylic acids is 2. The predicted molar refractivity (Wildman–Crippen MR) is 155 cm³/mol. The zero-order valence-electron chi connectivity index (χ0n) is 24.8. The van der Waals surface area contributed by atoms with Crippen molar-refractivity contribution in [1.29, 1.82) is 0 Å². The Morgan fingerprint density at radius 2 is 1.62 bits per heavy atom. The number of alkyl carbamates (subject to hydrolysis) is 1. The molecule has 0 aliphatic carbocycles. The van der Waals surface area contributed by atoms with Crippen LogP contribution in [-0.2, 0) is 10.2 Å². The monoisotopic (exact) mass is 552 g/mol. The minimum absolute atomic E-state index is 0.173. The number of nitrogens with one attached hydrogen (secondary N) is 3. The fraction of sp³-hybridized carbons (Fsp3) is 0.448. The topological polar surface area (TPSA) is 129 Å². The molecule has 2 aromatic carbocycles. The Balaban J connectivity index is 1.78. The molecule has 0 aliphatic heterocycles. The Morgan fingerprint density at radius 3 is 2.25 bits per heavy atom. The predicted octanol–water partition coefficient (Wildman–Crippen LogP) is 5.08. The lowest BCUT2D eigenvalue weighted by atomic mass is 9.86. The van der Waals surface area contributed by atoms with Crippen molar-refractivity contribution >= 4 is 23.4 Å². The van der Waals surface area contributed by atoms with E-state index in [1.807, 2.05) is 39.0 Å². The lowest BCUT2D eigenvalue weighted by Gasteiger charge is -2.22. The molecular formula is C29H40N6O5. The van der Waals surface area contributed by atoms with Gasteiger partial charge in [0.15, 0.2) is 5.69 Å². The van der Waals surface area contributed by atoms with Gasteiger partial charge in [0.2, 0.25) is 0 Å².